The zero-order valence-corrected chi connectivity index (χ0v) is 18.0. The van der Waals surface area contributed by atoms with Gasteiger partial charge in [0.2, 0.25) is 11.8 Å². The zero-order valence-electron chi connectivity index (χ0n) is 18.0. The van der Waals surface area contributed by atoms with Gasteiger partial charge in [0.25, 0.3) is 0 Å². The average Bonchev–Trinajstić information content (AvgIpc) is 3.20. The maximum absolute atomic E-state index is 13.9. The Hall–Kier alpha value is -2.77. The number of carbonyl (C=O) groups excluding carboxylic acids is 2. The lowest BCUT2D eigenvalue weighted by Gasteiger charge is -2.31. The van der Waals surface area contributed by atoms with Gasteiger partial charge in [-0.15, -0.1) is 0 Å². The van der Waals surface area contributed by atoms with Crippen molar-refractivity contribution in [2.45, 2.75) is 46.0 Å². The molecule has 1 saturated heterocycles. The molecule has 1 aliphatic heterocycles. The number of aryl methyl sites for hydroxylation is 1. The van der Waals surface area contributed by atoms with Crippen LogP contribution in [0.2, 0.25) is 0 Å². The molecule has 0 aliphatic carbocycles. The van der Waals surface area contributed by atoms with E-state index in [4.69, 9.17) is 4.42 Å². The van der Waals surface area contributed by atoms with E-state index in [-0.39, 0.29) is 47.8 Å². The topological polar surface area (TPSA) is 75.4 Å². The molecule has 0 saturated carbocycles. The average molecular weight is 433 g/mol. The second kappa shape index (κ2) is 10.5. The molecule has 168 valence electrons. The number of aromatic nitrogens is 1. The van der Waals surface area contributed by atoms with Gasteiger partial charge < -0.3 is 14.6 Å². The Morgan fingerprint density at radius 1 is 1.23 bits per heavy atom. The van der Waals surface area contributed by atoms with Gasteiger partial charge in [-0.1, -0.05) is 19.9 Å². The molecule has 0 spiro atoms. The Morgan fingerprint density at radius 2 is 1.90 bits per heavy atom. The third-order valence-electron chi connectivity index (χ3n) is 5.55. The van der Waals surface area contributed by atoms with E-state index in [0.717, 1.165) is 18.6 Å². The third-order valence-corrected chi connectivity index (χ3v) is 5.55. The summed E-state index contributed by atoms with van der Waals surface area (Å²) >= 11 is 0. The Bertz CT molecular complexity index is 885. The maximum atomic E-state index is 13.9. The summed E-state index contributed by atoms with van der Waals surface area (Å²) in [4.78, 5) is 30.6. The van der Waals surface area contributed by atoms with Crippen LogP contribution in [0.25, 0.3) is 11.3 Å². The normalized spacial score (nSPS) is 14.8. The highest BCUT2D eigenvalue weighted by Crippen LogP contribution is 2.27. The van der Waals surface area contributed by atoms with Crippen molar-refractivity contribution in [2.24, 2.45) is 11.8 Å². The van der Waals surface area contributed by atoms with Crippen molar-refractivity contribution < 1.29 is 22.8 Å². The predicted octanol–water partition coefficient (Wildman–Crippen LogP) is 3.95. The van der Waals surface area contributed by atoms with Crippen LogP contribution < -0.4 is 5.32 Å². The zero-order chi connectivity index (χ0) is 22.4. The van der Waals surface area contributed by atoms with Crippen molar-refractivity contribution in [1.82, 2.24) is 15.2 Å². The highest BCUT2D eigenvalue weighted by atomic mass is 19.1. The second-order valence-electron chi connectivity index (χ2n) is 8.34. The number of likely N-dealkylation sites (tertiary alicyclic amines) is 1. The van der Waals surface area contributed by atoms with Crippen molar-refractivity contribution in [1.29, 1.82) is 0 Å². The van der Waals surface area contributed by atoms with Crippen LogP contribution in [0.5, 0.6) is 0 Å². The molecule has 0 bridgehead atoms. The lowest BCUT2D eigenvalue weighted by atomic mass is 9.95. The molecule has 1 aliphatic rings. The molecule has 0 atom stereocenters. The molecule has 1 N–H and O–H groups in total. The summed E-state index contributed by atoms with van der Waals surface area (Å²) in [6.45, 7) is 6.00. The molecule has 1 aromatic heterocycles. The molecule has 0 unspecified atom stereocenters. The van der Waals surface area contributed by atoms with E-state index in [1.54, 1.807) is 4.90 Å². The molecule has 6 nitrogen and oxygen atoms in total. The fourth-order valence-corrected chi connectivity index (χ4v) is 3.67. The van der Waals surface area contributed by atoms with Gasteiger partial charge in [0.1, 0.15) is 11.6 Å². The van der Waals surface area contributed by atoms with E-state index in [9.17, 15) is 18.4 Å². The lowest BCUT2D eigenvalue weighted by Crippen LogP contribution is -2.43. The fraction of sp³-hybridized carbons (Fsp3) is 0.522. The summed E-state index contributed by atoms with van der Waals surface area (Å²) in [5.74, 6) is -0.681. The molecule has 2 amide bonds. The van der Waals surface area contributed by atoms with Crippen molar-refractivity contribution in [3.8, 4) is 11.3 Å². The molecule has 31 heavy (non-hydrogen) atoms. The number of carbonyl (C=O) groups is 2. The van der Waals surface area contributed by atoms with Crippen molar-refractivity contribution in [2.75, 3.05) is 19.6 Å². The lowest BCUT2D eigenvalue weighted by molar-refractivity contribution is -0.135. The number of oxazole rings is 1. The summed E-state index contributed by atoms with van der Waals surface area (Å²) in [6.07, 6.45) is 3.94. The number of amides is 2. The van der Waals surface area contributed by atoms with E-state index in [0.29, 0.717) is 38.4 Å². The number of piperidine rings is 1. The van der Waals surface area contributed by atoms with Crippen LogP contribution in [-0.4, -0.2) is 41.3 Å². The fourth-order valence-electron chi connectivity index (χ4n) is 3.67. The molecule has 3 rings (SSSR count). The van der Waals surface area contributed by atoms with Crippen LogP contribution in [0.1, 0.15) is 45.4 Å². The summed E-state index contributed by atoms with van der Waals surface area (Å²) in [7, 11) is 0. The van der Waals surface area contributed by atoms with Gasteiger partial charge in [0.15, 0.2) is 11.7 Å². The van der Waals surface area contributed by atoms with E-state index in [1.807, 2.05) is 0 Å². The molecule has 1 aromatic carbocycles. The molecule has 2 aromatic rings. The molecule has 8 heteroatoms. The number of halogens is 2. The first kappa shape index (κ1) is 22.9. The van der Waals surface area contributed by atoms with Crippen LogP contribution in [0.3, 0.4) is 0 Å². The van der Waals surface area contributed by atoms with Crippen molar-refractivity contribution in [3.63, 3.8) is 0 Å². The standard InChI is InChI=1S/C23H29F2N3O3/c1-15(2)8-11-26-23(30)16-9-12-28(13-10-16)21(29)7-6-20-27-14-19(31-20)22-17(24)4-3-5-18(22)25/h3-5,14-16H,6-13H2,1-2H3,(H,26,30). The Balaban J connectivity index is 1.45. The smallest absolute Gasteiger partial charge is 0.223 e. The van der Waals surface area contributed by atoms with Crippen LogP contribution >= 0.6 is 0 Å². The van der Waals surface area contributed by atoms with E-state index >= 15 is 0 Å². The molecule has 2 heterocycles. The molecular weight excluding hydrogens is 404 g/mol. The summed E-state index contributed by atoms with van der Waals surface area (Å²) in [5.41, 5.74) is -0.263. The molecular formula is C23H29F2N3O3. The SMILES string of the molecule is CC(C)CCNC(=O)C1CCN(C(=O)CCc2ncc(-c3c(F)cccc3F)o2)CC1. The summed E-state index contributed by atoms with van der Waals surface area (Å²) in [6, 6.07) is 3.58. The number of nitrogens with zero attached hydrogens (tertiary/aromatic N) is 2. The first-order chi connectivity index (χ1) is 14.8. The predicted molar refractivity (Wildman–Crippen MR) is 112 cm³/mol. The minimum absolute atomic E-state index is 0.00217. The first-order valence-electron chi connectivity index (χ1n) is 10.8. The largest absolute Gasteiger partial charge is 0.441 e. The van der Waals surface area contributed by atoms with Gasteiger partial charge in [-0.05, 0) is 37.3 Å². The number of nitrogens with one attached hydrogen (secondary N) is 1. The highest BCUT2D eigenvalue weighted by molar-refractivity contribution is 5.80. The Kier molecular flexibility index (Phi) is 7.76. The van der Waals surface area contributed by atoms with Crippen LogP contribution in [-0.2, 0) is 16.0 Å². The quantitative estimate of drug-likeness (QED) is 0.684. The van der Waals surface area contributed by atoms with E-state index < -0.39 is 11.6 Å². The molecule has 1 fully saturated rings. The summed E-state index contributed by atoms with van der Waals surface area (Å²) in [5, 5.41) is 2.98. The summed E-state index contributed by atoms with van der Waals surface area (Å²) < 4.78 is 33.2. The van der Waals surface area contributed by atoms with Crippen molar-refractivity contribution in [3.05, 3.63) is 41.9 Å². The number of benzene rings is 1. The number of hydrogen-bond donors (Lipinski definition) is 1. The van der Waals surface area contributed by atoms with Gasteiger partial charge in [0, 0.05) is 38.4 Å². The van der Waals surface area contributed by atoms with Crippen molar-refractivity contribution >= 4 is 11.8 Å². The number of rotatable bonds is 8. The maximum Gasteiger partial charge on any atom is 0.223 e. The van der Waals surface area contributed by atoms with E-state index in [1.165, 1.54) is 12.3 Å². The van der Waals surface area contributed by atoms with Gasteiger partial charge in [-0.3, -0.25) is 9.59 Å². The monoisotopic (exact) mass is 433 g/mol. The Morgan fingerprint density at radius 3 is 2.55 bits per heavy atom. The minimum atomic E-state index is -0.727. The molecule has 0 radical (unpaired) electrons. The minimum Gasteiger partial charge on any atom is -0.441 e. The van der Waals surface area contributed by atoms with Gasteiger partial charge >= 0.3 is 0 Å². The van der Waals surface area contributed by atoms with Gasteiger partial charge in [0.05, 0.1) is 11.8 Å². The van der Waals surface area contributed by atoms with E-state index in [2.05, 4.69) is 24.1 Å². The second-order valence-corrected chi connectivity index (χ2v) is 8.34. The third kappa shape index (κ3) is 6.12. The number of hydrogen-bond acceptors (Lipinski definition) is 4. The van der Waals surface area contributed by atoms with Gasteiger partial charge in [-0.2, -0.15) is 0 Å². The Labute approximate surface area is 181 Å². The van der Waals surface area contributed by atoms with Crippen LogP contribution in [0, 0.1) is 23.5 Å². The van der Waals surface area contributed by atoms with Crippen LogP contribution in [0.4, 0.5) is 8.78 Å². The highest BCUT2D eigenvalue weighted by Gasteiger charge is 2.27. The first-order valence-corrected chi connectivity index (χ1v) is 10.8. The van der Waals surface area contributed by atoms with Crippen LogP contribution in [0.15, 0.2) is 28.8 Å². The van der Waals surface area contributed by atoms with Gasteiger partial charge in [-0.25, -0.2) is 13.8 Å².